The Bertz CT molecular complexity index is 895. The number of H-pyrrole nitrogens is 1. The lowest BCUT2D eigenvalue weighted by molar-refractivity contribution is -0.148. The minimum absolute atomic E-state index is 0.162. The highest BCUT2D eigenvalue weighted by atomic mass is 19.4. The monoisotopic (exact) mass is 386 g/mol. The predicted molar refractivity (Wildman–Crippen MR) is 102 cm³/mol. The molecule has 0 unspecified atom stereocenters. The first-order chi connectivity index (χ1) is 13.5. The molecule has 0 amide bonds. The summed E-state index contributed by atoms with van der Waals surface area (Å²) in [7, 11) is 0. The van der Waals surface area contributed by atoms with Crippen molar-refractivity contribution in [1.29, 1.82) is 0 Å². The third-order valence-electron chi connectivity index (χ3n) is 5.12. The van der Waals surface area contributed by atoms with Crippen molar-refractivity contribution in [3.8, 4) is 22.5 Å². The van der Waals surface area contributed by atoms with Gasteiger partial charge in [0.15, 0.2) is 0 Å². The Morgan fingerprint density at radius 1 is 0.929 bits per heavy atom. The molecule has 0 saturated carbocycles. The number of pyridine rings is 1. The van der Waals surface area contributed by atoms with Crippen LogP contribution in [-0.4, -0.2) is 45.7 Å². The first-order valence-corrected chi connectivity index (χ1v) is 9.34. The van der Waals surface area contributed by atoms with Gasteiger partial charge in [0.05, 0.1) is 24.1 Å². The first-order valence-electron chi connectivity index (χ1n) is 9.34. The van der Waals surface area contributed by atoms with E-state index in [0.29, 0.717) is 25.9 Å². The lowest BCUT2D eigenvalue weighted by Gasteiger charge is -2.31. The number of aromatic nitrogens is 3. The molecule has 2 aromatic heterocycles. The van der Waals surface area contributed by atoms with Gasteiger partial charge in [-0.2, -0.15) is 13.2 Å². The molecule has 1 N–H and O–H groups in total. The molecule has 0 aliphatic carbocycles. The molecule has 0 atom stereocenters. The number of alkyl halides is 3. The summed E-state index contributed by atoms with van der Waals surface area (Å²) in [4.78, 5) is 13.8. The van der Waals surface area contributed by atoms with Gasteiger partial charge in [-0.3, -0.25) is 9.88 Å². The van der Waals surface area contributed by atoms with Gasteiger partial charge in [0.1, 0.15) is 5.82 Å². The van der Waals surface area contributed by atoms with Crippen molar-refractivity contribution in [2.75, 3.05) is 19.6 Å². The zero-order valence-corrected chi connectivity index (χ0v) is 15.3. The van der Waals surface area contributed by atoms with Crippen LogP contribution in [-0.2, 0) is 0 Å². The van der Waals surface area contributed by atoms with E-state index in [2.05, 4.69) is 15.0 Å². The SMILES string of the molecule is FC(F)(F)CN1CCC(c2ncc(-c3ccc(-c4ccccc4)nc3)[nH]2)CC1. The predicted octanol–water partition coefficient (Wildman–Crippen LogP) is 4.88. The molecule has 1 aliphatic heterocycles. The van der Waals surface area contributed by atoms with Crippen LogP contribution in [0.2, 0.25) is 0 Å². The fourth-order valence-electron chi connectivity index (χ4n) is 3.64. The molecule has 1 aliphatic rings. The van der Waals surface area contributed by atoms with E-state index in [9.17, 15) is 13.2 Å². The van der Waals surface area contributed by atoms with Crippen LogP contribution in [0.1, 0.15) is 24.6 Å². The highest BCUT2D eigenvalue weighted by Crippen LogP contribution is 2.29. The highest BCUT2D eigenvalue weighted by molar-refractivity contribution is 5.64. The van der Waals surface area contributed by atoms with E-state index in [1.807, 2.05) is 48.7 Å². The molecule has 7 heteroatoms. The summed E-state index contributed by atoms with van der Waals surface area (Å²) < 4.78 is 37.6. The van der Waals surface area contributed by atoms with E-state index in [1.165, 1.54) is 4.90 Å². The van der Waals surface area contributed by atoms with Crippen LogP contribution >= 0.6 is 0 Å². The Morgan fingerprint density at radius 3 is 2.32 bits per heavy atom. The maximum atomic E-state index is 12.5. The highest BCUT2D eigenvalue weighted by Gasteiger charge is 2.33. The van der Waals surface area contributed by atoms with Crippen molar-refractivity contribution >= 4 is 0 Å². The fraction of sp³-hybridized carbons (Fsp3) is 0.333. The zero-order chi connectivity index (χ0) is 19.6. The van der Waals surface area contributed by atoms with Gasteiger partial charge in [0, 0.05) is 23.2 Å². The van der Waals surface area contributed by atoms with Gasteiger partial charge < -0.3 is 4.98 Å². The summed E-state index contributed by atoms with van der Waals surface area (Å²) in [5.74, 6) is 1.00. The molecule has 3 heterocycles. The van der Waals surface area contributed by atoms with Crippen LogP contribution in [0.3, 0.4) is 0 Å². The maximum Gasteiger partial charge on any atom is 0.401 e. The molecule has 146 valence electrons. The Hall–Kier alpha value is -2.67. The number of likely N-dealkylation sites (tertiary alicyclic amines) is 1. The Morgan fingerprint density at radius 2 is 1.68 bits per heavy atom. The van der Waals surface area contributed by atoms with Crippen LogP contribution in [0.15, 0.2) is 54.9 Å². The maximum absolute atomic E-state index is 12.5. The lowest BCUT2D eigenvalue weighted by atomic mass is 9.96. The number of aromatic amines is 1. The number of piperidine rings is 1. The fourth-order valence-corrected chi connectivity index (χ4v) is 3.64. The van der Waals surface area contributed by atoms with Crippen LogP contribution in [0.5, 0.6) is 0 Å². The Kier molecular flexibility index (Phi) is 5.17. The summed E-state index contributed by atoms with van der Waals surface area (Å²) in [6, 6.07) is 13.9. The number of imidazole rings is 1. The molecule has 3 aromatic rings. The molecule has 1 fully saturated rings. The van der Waals surface area contributed by atoms with Crippen molar-refractivity contribution < 1.29 is 13.2 Å². The summed E-state index contributed by atoms with van der Waals surface area (Å²) >= 11 is 0. The van der Waals surface area contributed by atoms with Gasteiger partial charge in [-0.1, -0.05) is 30.3 Å². The molecule has 0 spiro atoms. The van der Waals surface area contributed by atoms with E-state index in [0.717, 1.165) is 28.3 Å². The number of rotatable bonds is 4. The minimum atomic E-state index is -4.14. The molecule has 4 rings (SSSR count). The second kappa shape index (κ2) is 7.75. The van der Waals surface area contributed by atoms with E-state index in [1.54, 1.807) is 6.20 Å². The number of nitrogens with zero attached hydrogens (tertiary/aromatic N) is 3. The van der Waals surface area contributed by atoms with Crippen LogP contribution in [0, 0.1) is 0 Å². The Balaban J connectivity index is 1.41. The Labute approximate surface area is 161 Å². The van der Waals surface area contributed by atoms with Crippen LogP contribution in [0.4, 0.5) is 13.2 Å². The van der Waals surface area contributed by atoms with E-state index in [4.69, 9.17) is 0 Å². The van der Waals surface area contributed by atoms with Crippen molar-refractivity contribution in [3.05, 3.63) is 60.7 Å². The van der Waals surface area contributed by atoms with Gasteiger partial charge >= 0.3 is 6.18 Å². The lowest BCUT2D eigenvalue weighted by Crippen LogP contribution is -2.39. The number of benzene rings is 1. The van der Waals surface area contributed by atoms with Crippen molar-refractivity contribution in [2.45, 2.75) is 24.9 Å². The molecular weight excluding hydrogens is 365 g/mol. The van der Waals surface area contributed by atoms with Gasteiger partial charge in [-0.25, -0.2) is 4.98 Å². The third-order valence-corrected chi connectivity index (χ3v) is 5.12. The van der Waals surface area contributed by atoms with Crippen molar-refractivity contribution in [2.24, 2.45) is 0 Å². The van der Waals surface area contributed by atoms with E-state index in [-0.39, 0.29) is 5.92 Å². The summed E-state index contributed by atoms with van der Waals surface area (Å²) in [6.45, 7) is 0.0453. The zero-order valence-electron chi connectivity index (χ0n) is 15.3. The molecule has 1 saturated heterocycles. The van der Waals surface area contributed by atoms with E-state index >= 15 is 0 Å². The van der Waals surface area contributed by atoms with Crippen molar-refractivity contribution in [3.63, 3.8) is 0 Å². The second-order valence-corrected chi connectivity index (χ2v) is 7.15. The summed E-state index contributed by atoms with van der Waals surface area (Å²) in [5, 5.41) is 0. The molecule has 1 aromatic carbocycles. The average molecular weight is 386 g/mol. The molecule has 4 nitrogen and oxygen atoms in total. The topological polar surface area (TPSA) is 44.8 Å². The number of hydrogen-bond donors (Lipinski definition) is 1. The molecular formula is C21H21F3N4. The summed E-state index contributed by atoms with van der Waals surface area (Å²) in [5.41, 5.74) is 3.78. The number of hydrogen-bond acceptors (Lipinski definition) is 3. The quantitative estimate of drug-likeness (QED) is 0.695. The first kappa shape index (κ1) is 18.7. The average Bonchev–Trinajstić information content (AvgIpc) is 3.18. The number of nitrogens with one attached hydrogen (secondary N) is 1. The van der Waals surface area contributed by atoms with Gasteiger partial charge in [-0.05, 0) is 38.1 Å². The molecule has 28 heavy (non-hydrogen) atoms. The normalized spacial score (nSPS) is 16.4. The molecule has 0 radical (unpaired) electrons. The van der Waals surface area contributed by atoms with Crippen LogP contribution in [0.25, 0.3) is 22.5 Å². The molecule has 0 bridgehead atoms. The van der Waals surface area contributed by atoms with Gasteiger partial charge in [-0.15, -0.1) is 0 Å². The number of halogens is 3. The van der Waals surface area contributed by atoms with Gasteiger partial charge in [0.2, 0.25) is 0 Å². The van der Waals surface area contributed by atoms with Gasteiger partial charge in [0.25, 0.3) is 0 Å². The minimum Gasteiger partial charge on any atom is -0.342 e. The smallest absolute Gasteiger partial charge is 0.342 e. The summed E-state index contributed by atoms with van der Waals surface area (Å²) in [6.07, 6.45) is 0.800. The largest absolute Gasteiger partial charge is 0.401 e. The van der Waals surface area contributed by atoms with E-state index < -0.39 is 12.7 Å². The third kappa shape index (κ3) is 4.42. The standard InChI is InChI=1S/C21H21F3N4/c22-21(23,24)14-28-10-8-16(9-11-28)20-26-13-19(27-20)17-6-7-18(25-12-17)15-4-2-1-3-5-15/h1-7,12-13,16H,8-11,14H2,(H,26,27). The van der Waals surface area contributed by atoms with Crippen LogP contribution < -0.4 is 0 Å². The second-order valence-electron chi connectivity index (χ2n) is 7.15. The van der Waals surface area contributed by atoms with Crippen molar-refractivity contribution in [1.82, 2.24) is 19.9 Å².